The van der Waals surface area contributed by atoms with Gasteiger partial charge in [0.05, 0.1) is 17.7 Å². The monoisotopic (exact) mass is 324 g/mol. The van der Waals surface area contributed by atoms with Gasteiger partial charge in [0.15, 0.2) is 0 Å². The molecule has 0 saturated carbocycles. The molecule has 0 bridgehead atoms. The minimum atomic E-state index is -1.11. The molecule has 3 rings (SSSR count). The largest absolute Gasteiger partial charge is 0.478 e. The zero-order valence-electron chi connectivity index (χ0n) is 13.0. The molecule has 1 saturated heterocycles. The van der Waals surface area contributed by atoms with Gasteiger partial charge in [-0.3, -0.25) is 9.59 Å². The van der Waals surface area contributed by atoms with Crippen molar-refractivity contribution in [3.05, 3.63) is 59.7 Å². The molecule has 2 aromatic rings. The molecular weight excluding hydrogens is 308 g/mol. The number of aromatic carboxylic acids is 1. The van der Waals surface area contributed by atoms with Crippen LogP contribution < -0.4 is 10.2 Å². The lowest BCUT2D eigenvalue weighted by atomic mass is 10.2. The summed E-state index contributed by atoms with van der Waals surface area (Å²) in [4.78, 5) is 36.9. The fourth-order valence-corrected chi connectivity index (χ4v) is 2.73. The number of nitrogens with one attached hydrogen (secondary N) is 1. The van der Waals surface area contributed by atoms with Gasteiger partial charge < -0.3 is 10.4 Å². The summed E-state index contributed by atoms with van der Waals surface area (Å²) in [5, 5.41) is 12.1. The molecule has 2 N–H and O–H groups in total. The van der Waals surface area contributed by atoms with Crippen molar-refractivity contribution in [3.63, 3.8) is 0 Å². The van der Waals surface area contributed by atoms with E-state index in [1.165, 1.54) is 18.2 Å². The second-order valence-electron chi connectivity index (χ2n) is 5.69. The van der Waals surface area contributed by atoms with Gasteiger partial charge in [0, 0.05) is 5.69 Å². The van der Waals surface area contributed by atoms with Crippen molar-refractivity contribution >= 4 is 29.2 Å². The molecule has 0 radical (unpaired) electrons. The number of anilines is 2. The maximum absolute atomic E-state index is 12.6. The van der Waals surface area contributed by atoms with E-state index in [4.69, 9.17) is 5.11 Å². The quantitative estimate of drug-likeness (QED) is 0.844. The maximum atomic E-state index is 12.6. The number of carbonyl (C=O) groups excluding carboxylic acids is 2. The summed E-state index contributed by atoms with van der Waals surface area (Å²) in [6.07, 6.45) is 0.0318. The summed E-state index contributed by atoms with van der Waals surface area (Å²) in [6.45, 7) is 1.94. The lowest BCUT2D eigenvalue weighted by Gasteiger charge is -2.16. The number of rotatable bonds is 4. The van der Waals surface area contributed by atoms with Gasteiger partial charge in [0.25, 0.3) is 5.91 Å². The van der Waals surface area contributed by atoms with E-state index in [9.17, 15) is 14.4 Å². The van der Waals surface area contributed by atoms with Crippen molar-refractivity contribution in [3.8, 4) is 0 Å². The zero-order valence-corrected chi connectivity index (χ0v) is 13.0. The predicted molar refractivity (Wildman–Crippen MR) is 89.1 cm³/mol. The lowest BCUT2D eigenvalue weighted by molar-refractivity contribution is -0.121. The van der Waals surface area contributed by atoms with E-state index in [1.54, 1.807) is 6.07 Å². The summed E-state index contributed by atoms with van der Waals surface area (Å²) >= 11 is 0. The molecule has 1 fully saturated rings. The van der Waals surface area contributed by atoms with E-state index in [2.05, 4.69) is 5.32 Å². The molecule has 0 unspecified atom stereocenters. The van der Waals surface area contributed by atoms with Gasteiger partial charge in [-0.1, -0.05) is 18.2 Å². The zero-order chi connectivity index (χ0) is 17.3. The number of amides is 2. The molecule has 1 atom stereocenters. The van der Waals surface area contributed by atoms with Crippen molar-refractivity contribution in [2.24, 2.45) is 0 Å². The standard InChI is InChI=1S/C18H16N2O4/c1-11-4-2-6-13(8-11)19-15-10-16(21)20(17(15)22)14-7-3-5-12(9-14)18(23)24/h2-9,15,19H,10H2,1H3,(H,23,24)/t15-/m1/s1. The Hall–Kier alpha value is -3.15. The van der Waals surface area contributed by atoms with Crippen molar-refractivity contribution < 1.29 is 19.5 Å². The molecule has 1 heterocycles. The maximum Gasteiger partial charge on any atom is 0.335 e. The van der Waals surface area contributed by atoms with E-state index in [-0.39, 0.29) is 29.5 Å². The predicted octanol–water partition coefficient (Wildman–Crippen LogP) is 2.44. The molecule has 2 amide bonds. The number of nitrogens with zero attached hydrogens (tertiary/aromatic N) is 1. The summed E-state index contributed by atoms with van der Waals surface area (Å²) in [5.74, 6) is -1.85. The Morgan fingerprint density at radius 1 is 1.17 bits per heavy atom. The van der Waals surface area contributed by atoms with Gasteiger partial charge in [-0.2, -0.15) is 0 Å². The van der Waals surface area contributed by atoms with Gasteiger partial charge in [-0.15, -0.1) is 0 Å². The van der Waals surface area contributed by atoms with E-state index >= 15 is 0 Å². The molecule has 0 aromatic heterocycles. The fourth-order valence-electron chi connectivity index (χ4n) is 2.73. The highest BCUT2D eigenvalue weighted by molar-refractivity contribution is 6.23. The number of imide groups is 1. The van der Waals surface area contributed by atoms with Crippen LogP contribution >= 0.6 is 0 Å². The summed E-state index contributed by atoms with van der Waals surface area (Å²) in [6, 6.07) is 12.7. The first-order valence-electron chi connectivity index (χ1n) is 7.49. The van der Waals surface area contributed by atoms with Crippen LogP contribution in [0.1, 0.15) is 22.3 Å². The van der Waals surface area contributed by atoms with Crippen LogP contribution in [0.5, 0.6) is 0 Å². The molecule has 6 nitrogen and oxygen atoms in total. The van der Waals surface area contributed by atoms with Crippen molar-refractivity contribution in [1.29, 1.82) is 0 Å². The van der Waals surface area contributed by atoms with Gasteiger partial charge >= 0.3 is 5.97 Å². The van der Waals surface area contributed by atoms with Crippen LogP contribution in [0.25, 0.3) is 0 Å². The number of benzene rings is 2. The summed E-state index contributed by atoms with van der Waals surface area (Å²) in [5.41, 5.74) is 2.12. The first kappa shape index (κ1) is 15.7. The van der Waals surface area contributed by atoms with Crippen LogP contribution in [0.4, 0.5) is 11.4 Å². The summed E-state index contributed by atoms with van der Waals surface area (Å²) in [7, 11) is 0. The van der Waals surface area contributed by atoms with Crippen LogP contribution in [0, 0.1) is 6.92 Å². The van der Waals surface area contributed by atoms with Crippen LogP contribution in [0.15, 0.2) is 48.5 Å². The number of aryl methyl sites for hydroxylation is 1. The number of hydrogen-bond donors (Lipinski definition) is 2. The molecular formula is C18H16N2O4. The van der Waals surface area contributed by atoms with E-state index in [1.807, 2.05) is 31.2 Å². The third kappa shape index (κ3) is 2.99. The molecule has 0 aliphatic carbocycles. The molecule has 0 spiro atoms. The SMILES string of the molecule is Cc1cccc(N[C@@H]2CC(=O)N(c3cccc(C(=O)O)c3)C2=O)c1. The van der Waals surface area contributed by atoms with Crippen LogP contribution in [-0.4, -0.2) is 28.9 Å². The lowest BCUT2D eigenvalue weighted by Crippen LogP contribution is -2.34. The van der Waals surface area contributed by atoms with Gasteiger partial charge in [0.1, 0.15) is 6.04 Å². The highest BCUT2D eigenvalue weighted by Crippen LogP contribution is 2.26. The highest BCUT2D eigenvalue weighted by Gasteiger charge is 2.39. The first-order valence-corrected chi connectivity index (χ1v) is 7.49. The molecule has 1 aliphatic rings. The highest BCUT2D eigenvalue weighted by atomic mass is 16.4. The van der Waals surface area contributed by atoms with Crippen LogP contribution in [-0.2, 0) is 9.59 Å². The van der Waals surface area contributed by atoms with E-state index < -0.39 is 12.0 Å². The average Bonchev–Trinajstić information content (AvgIpc) is 2.81. The number of hydrogen-bond acceptors (Lipinski definition) is 4. The Kier molecular flexibility index (Phi) is 4.04. The Labute approximate surface area is 138 Å². The van der Waals surface area contributed by atoms with Crippen molar-refractivity contribution in [2.75, 3.05) is 10.2 Å². The average molecular weight is 324 g/mol. The Bertz CT molecular complexity index is 831. The topological polar surface area (TPSA) is 86.7 Å². The van der Waals surface area contributed by atoms with Crippen molar-refractivity contribution in [2.45, 2.75) is 19.4 Å². The normalized spacial score (nSPS) is 17.2. The molecule has 24 heavy (non-hydrogen) atoms. The second kappa shape index (κ2) is 6.16. The van der Waals surface area contributed by atoms with Gasteiger partial charge in [-0.05, 0) is 42.8 Å². The second-order valence-corrected chi connectivity index (χ2v) is 5.69. The Morgan fingerprint density at radius 3 is 2.62 bits per heavy atom. The van der Waals surface area contributed by atoms with Gasteiger partial charge in [0.2, 0.25) is 5.91 Å². The number of carboxylic acids is 1. The third-order valence-electron chi connectivity index (χ3n) is 3.86. The Morgan fingerprint density at radius 2 is 1.92 bits per heavy atom. The summed E-state index contributed by atoms with van der Waals surface area (Å²) < 4.78 is 0. The van der Waals surface area contributed by atoms with Crippen LogP contribution in [0.3, 0.4) is 0 Å². The van der Waals surface area contributed by atoms with E-state index in [0.29, 0.717) is 0 Å². The number of carboxylic acid groups (broad SMARTS) is 1. The van der Waals surface area contributed by atoms with Crippen LogP contribution in [0.2, 0.25) is 0 Å². The number of carbonyl (C=O) groups is 3. The molecule has 6 heteroatoms. The first-order chi connectivity index (χ1) is 11.5. The molecule has 122 valence electrons. The third-order valence-corrected chi connectivity index (χ3v) is 3.86. The van der Waals surface area contributed by atoms with Gasteiger partial charge in [-0.25, -0.2) is 9.69 Å². The van der Waals surface area contributed by atoms with Crippen molar-refractivity contribution in [1.82, 2.24) is 0 Å². The minimum absolute atomic E-state index is 0.0307. The van der Waals surface area contributed by atoms with E-state index in [0.717, 1.165) is 16.2 Å². The Balaban J connectivity index is 1.84. The minimum Gasteiger partial charge on any atom is -0.478 e. The smallest absolute Gasteiger partial charge is 0.335 e. The molecule has 1 aliphatic heterocycles. The fraction of sp³-hybridized carbons (Fsp3) is 0.167. The molecule has 2 aromatic carbocycles.